The van der Waals surface area contributed by atoms with Gasteiger partial charge in [0.15, 0.2) is 0 Å². The summed E-state index contributed by atoms with van der Waals surface area (Å²) < 4.78 is 10.9. The highest BCUT2D eigenvalue weighted by molar-refractivity contribution is 6.46. The van der Waals surface area contributed by atoms with Gasteiger partial charge in [0.1, 0.15) is 11.5 Å². The summed E-state index contributed by atoms with van der Waals surface area (Å²) in [5.74, 6) is -0.479. The van der Waals surface area contributed by atoms with Gasteiger partial charge in [-0.15, -0.1) is 0 Å². The van der Waals surface area contributed by atoms with Crippen LogP contribution in [0.3, 0.4) is 0 Å². The van der Waals surface area contributed by atoms with E-state index in [9.17, 15) is 14.7 Å². The highest BCUT2D eigenvalue weighted by Crippen LogP contribution is 2.39. The van der Waals surface area contributed by atoms with Gasteiger partial charge in [0.25, 0.3) is 11.7 Å². The van der Waals surface area contributed by atoms with E-state index < -0.39 is 17.7 Å². The predicted molar refractivity (Wildman–Crippen MR) is 117 cm³/mol. The van der Waals surface area contributed by atoms with E-state index in [2.05, 4.69) is 18.8 Å². The van der Waals surface area contributed by atoms with Crippen molar-refractivity contribution in [2.24, 2.45) is 5.92 Å². The number of likely N-dealkylation sites (tertiary alicyclic amines) is 1. The summed E-state index contributed by atoms with van der Waals surface area (Å²) in [4.78, 5) is 31.1. The molecular weight excluding hydrogens is 396 g/mol. The Labute approximate surface area is 182 Å². The molecule has 1 aliphatic heterocycles. The minimum Gasteiger partial charge on any atom is -0.507 e. The molecule has 2 heterocycles. The molecule has 0 spiro atoms. The Morgan fingerprint density at radius 1 is 1.19 bits per heavy atom. The molecule has 1 aromatic heterocycles. The number of carbonyl (C=O) groups is 2. The lowest BCUT2D eigenvalue weighted by molar-refractivity contribution is -0.140. The summed E-state index contributed by atoms with van der Waals surface area (Å²) in [7, 11) is 1.53. The summed E-state index contributed by atoms with van der Waals surface area (Å²) in [6, 6.07) is 7.99. The molecule has 7 heteroatoms. The van der Waals surface area contributed by atoms with Crippen molar-refractivity contribution in [3.63, 3.8) is 0 Å². The topological polar surface area (TPSA) is 89.0 Å². The molecule has 7 nitrogen and oxygen atoms in total. The number of aryl methyl sites for hydroxylation is 1. The van der Waals surface area contributed by atoms with Gasteiger partial charge >= 0.3 is 0 Å². The standard InChI is InChI=1S/C24H28N2O5/c1-15(2)14-31-19-6-5-18(13-16(19)3)22(27)20-21(17-7-9-25-10-8-17)26(11-12-30-4)24(29)23(20)28/h5-10,13,15,21,27H,11-12,14H2,1-4H3/t21-/m1/s1. The second kappa shape index (κ2) is 9.75. The van der Waals surface area contributed by atoms with Gasteiger partial charge in [-0.3, -0.25) is 14.6 Å². The molecule has 3 rings (SSSR count). The SMILES string of the molecule is COCCN1C(=O)C(=O)C(=C(O)c2ccc(OCC(C)C)c(C)c2)[C@H]1c1ccncc1. The van der Waals surface area contributed by atoms with Crippen molar-refractivity contribution in [2.45, 2.75) is 26.8 Å². The van der Waals surface area contributed by atoms with Crippen molar-refractivity contribution in [3.05, 3.63) is 65.0 Å². The Balaban J connectivity index is 2.05. The van der Waals surface area contributed by atoms with Crippen LogP contribution in [-0.2, 0) is 14.3 Å². The largest absolute Gasteiger partial charge is 0.507 e. The number of amides is 1. The first kappa shape index (κ1) is 22.5. The maximum absolute atomic E-state index is 12.9. The molecule has 1 amide bonds. The van der Waals surface area contributed by atoms with Crippen molar-refractivity contribution in [1.29, 1.82) is 0 Å². The maximum Gasteiger partial charge on any atom is 0.295 e. The highest BCUT2D eigenvalue weighted by Gasteiger charge is 2.45. The van der Waals surface area contributed by atoms with E-state index in [0.29, 0.717) is 23.7 Å². The quantitative estimate of drug-likeness (QED) is 0.396. The number of pyridine rings is 1. The van der Waals surface area contributed by atoms with E-state index in [0.717, 1.165) is 11.3 Å². The summed E-state index contributed by atoms with van der Waals surface area (Å²) >= 11 is 0. The minimum atomic E-state index is -0.715. The molecule has 0 saturated carbocycles. The number of aromatic nitrogens is 1. The van der Waals surface area contributed by atoms with Gasteiger partial charge in [-0.05, 0) is 54.3 Å². The molecule has 1 fully saturated rings. The zero-order chi connectivity index (χ0) is 22.5. The Morgan fingerprint density at radius 2 is 1.90 bits per heavy atom. The van der Waals surface area contributed by atoms with Crippen LogP contribution in [0.1, 0.15) is 36.6 Å². The third-order valence-electron chi connectivity index (χ3n) is 5.12. The number of aliphatic hydroxyl groups excluding tert-OH is 1. The molecular formula is C24H28N2O5. The molecule has 0 bridgehead atoms. The maximum atomic E-state index is 12.9. The number of ketones is 1. The number of aliphatic hydroxyl groups is 1. The van der Waals surface area contributed by atoms with Crippen LogP contribution in [0.25, 0.3) is 5.76 Å². The number of benzene rings is 1. The van der Waals surface area contributed by atoms with E-state index in [1.807, 2.05) is 6.92 Å². The Kier molecular flexibility index (Phi) is 7.07. The summed E-state index contributed by atoms with van der Waals surface area (Å²) in [5.41, 5.74) is 2.04. The van der Waals surface area contributed by atoms with Gasteiger partial charge in [0, 0.05) is 31.6 Å². The lowest BCUT2D eigenvalue weighted by Crippen LogP contribution is -2.32. The van der Waals surface area contributed by atoms with E-state index in [-0.39, 0.29) is 24.5 Å². The smallest absolute Gasteiger partial charge is 0.295 e. The Bertz CT molecular complexity index is 985. The Morgan fingerprint density at radius 3 is 2.52 bits per heavy atom. The molecule has 0 radical (unpaired) electrons. The number of ether oxygens (including phenoxy) is 2. The van der Waals surface area contributed by atoms with E-state index >= 15 is 0 Å². The van der Waals surface area contributed by atoms with Gasteiger partial charge in [-0.25, -0.2) is 0 Å². The molecule has 31 heavy (non-hydrogen) atoms. The van der Waals surface area contributed by atoms with Crippen molar-refractivity contribution in [3.8, 4) is 5.75 Å². The normalized spacial score (nSPS) is 18.1. The van der Waals surface area contributed by atoms with Crippen LogP contribution in [0.15, 0.2) is 48.3 Å². The van der Waals surface area contributed by atoms with E-state index in [1.54, 1.807) is 42.7 Å². The van der Waals surface area contributed by atoms with Crippen LogP contribution in [0.2, 0.25) is 0 Å². The van der Waals surface area contributed by atoms with Crippen molar-refractivity contribution in [2.75, 3.05) is 26.9 Å². The summed E-state index contributed by atoms with van der Waals surface area (Å²) in [6.45, 7) is 7.10. The third-order valence-corrected chi connectivity index (χ3v) is 5.12. The summed E-state index contributed by atoms with van der Waals surface area (Å²) in [5, 5.41) is 11.1. The summed E-state index contributed by atoms with van der Waals surface area (Å²) in [6.07, 6.45) is 3.19. The molecule has 1 saturated heterocycles. The second-order valence-corrected chi connectivity index (χ2v) is 7.95. The van der Waals surface area contributed by atoms with Crippen LogP contribution in [0.5, 0.6) is 5.75 Å². The fourth-order valence-electron chi connectivity index (χ4n) is 3.56. The first-order valence-electron chi connectivity index (χ1n) is 10.3. The van der Waals surface area contributed by atoms with E-state index in [1.165, 1.54) is 12.0 Å². The van der Waals surface area contributed by atoms with Crippen LogP contribution >= 0.6 is 0 Å². The first-order valence-corrected chi connectivity index (χ1v) is 10.3. The van der Waals surface area contributed by atoms with Crippen LogP contribution in [0, 0.1) is 12.8 Å². The molecule has 164 valence electrons. The van der Waals surface area contributed by atoms with Crippen molar-refractivity contribution >= 4 is 17.4 Å². The van der Waals surface area contributed by atoms with Gasteiger partial charge in [-0.1, -0.05) is 13.8 Å². The number of carbonyl (C=O) groups excluding carboxylic acids is 2. The molecule has 1 aromatic carbocycles. The number of nitrogens with zero attached hydrogens (tertiary/aromatic N) is 2. The molecule has 1 atom stereocenters. The second-order valence-electron chi connectivity index (χ2n) is 7.95. The lowest BCUT2D eigenvalue weighted by Gasteiger charge is -2.24. The number of methoxy groups -OCH3 is 1. The van der Waals surface area contributed by atoms with Crippen molar-refractivity contribution in [1.82, 2.24) is 9.88 Å². The molecule has 0 aliphatic carbocycles. The average Bonchev–Trinajstić information content (AvgIpc) is 3.01. The number of hydrogen-bond donors (Lipinski definition) is 1. The molecule has 0 unspecified atom stereocenters. The van der Waals surface area contributed by atoms with Crippen molar-refractivity contribution < 1.29 is 24.2 Å². The van der Waals surface area contributed by atoms with Crippen LogP contribution in [-0.4, -0.2) is 53.5 Å². The van der Waals surface area contributed by atoms with Gasteiger partial charge in [0.2, 0.25) is 0 Å². The van der Waals surface area contributed by atoms with E-state index in [4.69, 9.17) is 9.47 Å². The average molecular weight is 424 g/mol. The Hall–Kier alpha value is -3.19. The molecule has 1 N–H and O–H groups in total. The number of Topliss-reactive ketones (excluding diaryl/α,β-unsaturated/α-hetero) is 1. The van der Waals surface area contributed by atoms with Crippen LogP contribution < -0.4 is 4.74 Å². The fraction of sp³-hybridized carbons (Fsp3) is 0.375. The first-order chi connectivity index (χ1) is 14.8. The van der Waals surface area contributed by atoms with Gasteiger partial charge < -0.3 is 19.5 Å². The number of rotatable bonds is 8. The zero-order valence-electron chi connectivity index (χ0n) is 18.3. The third kappa shape index (κ3) is 4.77. The predicted octanol–water partition coefficient (Wildman–Crippen LogP) is 3.49. The van der Waals surface area contributed by atoms with Gasteiger partial charge in [0.05, 0.1) is 24.8 Å². The number of hydrogen-bond acceptors (Lipinski definition) is 6. The van der Waals surface area contributed by atoms with Crippen LogP contribution in [0.4, 0.5) is 0 Å². The zero-order valence-corrected chi connectivity index (χ0v) is 18.3. The monoisotopic (exact) mass is 424 g/mol. The fourth-order valence-corrected chi connectivity index (χ4v) is 3.56. The molecule has 1 aliphatic rings. The molecule has 2 aromatic rings. The van der Waals surface area contributed by atoms with Gasteiger partial charge in [-0.2, -0.15) is 0 Å². The lowest BCUT2D eigenvalue weighted by atomic mass is 9.95. The highest BCUT2D eigenvalue weighted by atomic mass is 16.5. The minimum absolute atomic E-state index is 0.0579.